The predicted molar refractivity (Wildman–Crippen MR) is 68.1 cm³/mol. The normalized spacial score (nSPS) is 10.3. The van der Waals surface area contributed by atoms with Crippen LogP contribution in [0.25, 0.3) is 0 Å². The highest BCUT2D eigenvalue weighted by molar-refractivity contribution is 7.98. The van der Waals surface area contributed by atoms with Crippen molar-refractivity contribution in [2.24, 2.45) is 5.73 Å². The van der Waals surface area contributed by atoms with Crippen molar-refractivity contribution in [3.63, 3.8) is 0 Å². The molecule has 0 saturated heterocycles. The first-order valence-electron chi connectivity index (χ1n) is 4.88. The lowest BCUT2D eigenvalue weighted by molar-refractivity contribution is 0.340. The summed E-state index contributed by atoms with van der Waals surface area (Å²) >= 11 is 7.68. The van der Waals surface area contributed by atoms with Crippen LogP contribution in [0.3, 0.4) is 0 Å². The minimum atomic E-state index is 0.610. The lowest BCUT2D eigenvalue weighted by atomic mass is 10.1. The van der Waals surface area contributed by atoms with Gasteiger partial charge in [-0.15, -0.1) is 0 Å². The van der Waals surface area contributed by atoms with Crippen LogP contribution in [0.4, 0.5) is 0 Å². The number of ether oxygens (including phenoxy) is 1. The molecule has 0 aromatic heterocycles. The fourth-order valence-electron chi connectivity index (χ4n) is 1.27. The van der Waals surface area contributed by atoms with Crippen molar-refractivity contribution in [1.82, 2.24) is 0 Å². The maximum Gasteiger partial charge on any atom is 0.122 e. The molecule has 0 radical (unpaired) electrons. The molecule has 0 aliphatic carbocycles. The van der Waals surface area contributed by atoms with E-state index in [4.69, 9.17) is 22.1 Å². The van der Waals surface area contributed by atoms with Crippen LogP contribution in [0.15, 0.2) is 18.2 Å². The van der Waals surface area contributed by atoms with Crippen molar-refractivity contribution in [3.8, 4) is 5.75 Å². The summed E-state index contributed by atoms with van der Waals surface area (Å²) in [4.78, 5) is 0. The molecule has 0 aliphatic rings. The zero-order valence-corrected chi connectivity index (χ0v) is 10.4. The average Bonchev–Trinajstić information content (AvgIpc) is 2.22. The van der Waals surface area contributed by atoms with Crippen LogP contribution in [-0.4, -0.2) is 25.2 Å². The van der Waals surface area contributed by atoms with Gasteiger partial charge in [-0.1, -0.05) is 11.6 Å². The Balaban J connectivity index is 2.67. The van der Waals surface area contributed by atoms with Gasteiger partial charge in [-0.25, -0.2) is 0 Å². The van der Waals surface area contributed by atoms with Gasteiger partial charge in [0.25, 0.3) is 0 Å². The monoisotopic (exact) mass is 245 g/mol. The van der Waals surface area contributed by atoms with Crippen LogP contribution in [0.2, 0.25) is 5.02 Å². The summed E-state index contributed by atoms with van der Waals surface area (Å²) in [7, 11) is 0. The third kappa shape index (κ3) is 4.33. The van der Waals surface area contributed by atoms with Gasteiger partial charge < -0.3 is 10.5 Å². The van der Waals surface area contributed by atoms with Crippen molar-refractivity contribution in [1.29, 1.82) is 0 Å². The maximum atomic E-state index is 5.91. The third-order valence-electron chi connectivity index (χ3n) is 1.98. The zero-order chi connectivity index (χ0) is 11.1. The van der Waals surface area contributed by atoms with Crippen LogP contribution in [0, 0.1) is 0 Å². The lowest BCUT2D eigenvalue weighted by Crippen LogP contribution is -2.07. The Bertz CT molecular complexity index is 307. The molecule has 0 amide bonds. The highest BCUT2D eigenvalue weighted by Crippen LogP contribution is 2.23. The summed E-state index contributed by atoms with van der Waals surface area (Å²) < 4.78 is 5.65. The van der Waals surface area contributed by atoms with Gasteiger partial charge in [-0.05, 0) is 43.0 Å². The Morgan fingerprint density at radius 3 is 2.93 bits per heavy atom. The van der Waals surface area contributed by atoms with E-state index in [2.05, 4.69) is 6.26 Å². The average molecular weight is 246 g/mol. The SMILES string of the molecule is CSCCOc1ccc(Cl)cc1CCN. The molecule has 0 unspecified atom stereocenters. The van der Waals surface area contributed by atoms with E-state index < -0.39 is 0 Å². The second-order valence-electron chi connectivity index (χ2n) is 3.13. The minimum absolute atomic E-state index is 0.610. The molecular formula is C11H16ClNOS. The van der Waals surface area contributed by atoms with Gasteiger partial charge in [0.05, 0.1) is 6.61 Å². The number of nitrogens with two attached hydrogens (primary N) is 1. The molecule has 4 heteroatoms. The molecule has 0 bridgehead atoms. The number of hydrogen-bond donors (Lipinski definition) is 1. The summed E-state index contributed by atoms with van der Waals surface area (Å²) in [5.41, 5.74) is 6.62. The van der Waals surface area contributed by atoms with Crippen LogP contribution < -0.4 is 10.5 Å². The third-order valence-corrected chi connectivity index (χ3v) is 2.79. The Kier molecular flexibility index (Phi) is 5.91. The van der Waals surface area contributed by atoms with E-state index >= 15 is 0 Å². The van der Waals surface area contributed by atoms with E-state index in [1.165, 1.54) is 0 Å². The van der Waals surface area contributed by atoms with Crippen LogP contribution in [0.1, 0.15) is 5.56 Å². The fourth-order valence-corrected chi connectivity index (χ4v) is 1.72. The standard InChI is InChI=1S/C11H16ClNOS/c1-15-7-6-14-11-3-2-10(12)8-9(11)4-5-13/h2-3,8H,4-7,13H2,1H3. The van der Waals surface area contributed by atoms with Gasteiger partial charge in [0.1, 0.15) is 5.75 Å². The van der Waals surface area contributed by atoms with Crippen molar-refractivity contribution in [2.75, 3.05) is 25.2 Å². The largest absolute Gasteiger partial charge is 0.492 e. The second-order valence-corrected chi connectivity index (χ2v) is 4.55. The lowest BCUT2D eigenvalue weighted by Gasteiger charge is -2.10. The van der Waals surface area contributed by atoms with Crippen LogP contribution in [-0.2, 0) is 6.42 Å². The zero-order valence-electron chi connectivity index (χ0n) is 8.83. The van der Waals surface area contributed by atoms with Gasteiger partial charge in [0, 0.05) is 10.8 Å². The minimum Gasteiger partial charge on any atom is -0.492 e. The Labute approximate surface area is 100 Å². The maximum absolute atomic E-state index is 5.91. The first-order chi connectivity index (χ1) is 7.27. The molecule has 84 valence electrons. The van der Waals surface area contributed by atoms with E-state index in [0.717, 1.165) is 35.1 Å². The molecule has 0 fully saturated rings. The number of rotatable bonds is 6. The first kappa shape index (κ1) is 12.7. The van der Waals surface area contributed by atoms with Gasteiger partial charge >= 0.3 is 0 Å². The highest BCUT2D eigenvalue weighted by Gasteiger charge is 2.03. The first-order valence-corrected chi connectivity index (χ1v) is 6.65. The molecule has 15 heavy (non-hydrogen) atoms. The molecular weight excluding hydrogens is 230 g/mol. The molecule has 2 N–H and O–H groups in total. The molecule has 1 aromatic carbocycles. The van der Waals surface area contributed by atoms with Crippen LogP contribution in [0.5, 0.6) is 5.75 Å². The molecule has 0 saturated carbocycles. The van der Waals surface area contributed by atoms with Crippen molar-refractivity contribution in [3.05, 3.63) is 28.8 Å². The summed E-state index contributed by atoms with van der Waals surface area (Å²) in [6.45, 7) is 1.33. The topological polar surface area (TPSA) is 35.2 Å². The van der Waals surface area contributed by atoms with Gasteiger partial charge in [0.2, 0.25) is 0 Å². The second kappa shape index (κ2) is 6.99. The number of benzene rings is 1. The van der Waals surface area contributed by atoms with Crippen molar-refractivity contribution < 1.29 is 4.74 Å². The summed E-state index contributed by atoms with van der Waals surface area (Å²) in [6.07, 6.45) is 2.86. The number of thioether (sulfide) groups is 1. The van der Waals surface area contributed by atoms with Crippen molar-refractivity contribution >= 4 is 23.4 Å². The van der Waals surface area contributed by atoms with E-state index in [9.17, 15) is 0 Å². The Morgan fingerprint density at radius 1 is 1.47 bits per heavy atom. The Morgan fingerprint density at radius 2 is 2.27 bits per heavy atom. The van der Waals surface area contributed by atoms with Gasteiger partial charge in [-0.3, -0.25) is 0 Å². The molecule has 0 heterocycles. The van der Waals surface area contributed by atoms with Gasteiger partial charge in [0.15, 0.2) is 0 Å². The molecule has 0 spiro atoms. The summed E-state index contributed by atoms with van der Waals surface area (Å²) in [5.74, 6) is 1.89. The molecule has 0 atom stereocenters. The van der Waals surface area contributed by atoms with E-state index in [1.54, 1.807) is 11.8 Å². The molecule has 1 rings (SSSR count). The van der Waals surface area contributed by atoms with E-state index in [0.29, 0.717) is 6.54 Å². The van der Waals surface area contributed by atoms with E-state index in [-0.39, 0.29) is 0 Å². The Hall–Kier alpha value is -0.380. The predicted octanol–water partition coefficient (Wildman–Crippen LogP) is 2.58. The smallest absolute Gasteiger partial charge is 0.122 e. The summed E-state index contributed by atoms with van der Waals surface area (Å²) in [5, 5.41) is 0.732. The number of halogens is 1. The van der Waals surface area contributed by atoms with Crippen LogP contribution >= 0.6 is 23.4 Å². The molecule has 1 aromatic rings. The summed E-state index contributed by atoms with van der Waals surface area (Å²) in [6, 6.07) is 5.67. The number of hydrogen-bond acceptors (Lipinski definition) is 3. The van der Waals surface area contributed by atoms with Crippen molar-refractivity contribution in [2.45, 2.75) is 6.42 Å². The molecule has 2 nitrogen and oxygen atoms in total. The molecule has 0 aliphatic heterocycles. The fraction of sp³-hybridized carbons (Fsp3) is 0.455. The quantitative estimate of drug-likeness (QED) is 0.783. The highest BCUT2D eigenvalue weighted by atomic mass is 35.5. The van der Waals surface area contributed by atoms with Gasteiger partial charge in [-0.2, -0.15) is 11.8 Å². The van der Waals surface area contributed by atoms with E-state index in [1.807, 2.05) is 18.2 Å².